The summed E-state index contributed by atoms with van der Waals surface area (Å²) in [6, 6.07) is 5.71. The summed E-state index contributed by atoms with van der Waals surface area (Å²) in [6.07, 6.45) is 10.7. The maximum absolute atomic E-state index is 4.77. The topological polar surface area (TPSA) is 82.4 Å². The first-order chi connectivity index (χ1) is 13.4. The van der Waals surface area contributed by atoms with E-state index in [0.717, 1.165) is 43.8 Å². The first-order valence-electron chi connectivity index (χ1n) is 9.84. The predicted molar refractivity (Wildman–Crippen MR) is 107 cm³/mol. The SMILES string of the molecule is C(=N\Nc1nc(N2CCCCC2)nc(N2CCCCC2)n1)/c1ccccn1. The Hall–Kier alpha value is -2.77. The second kappa shape index (κ2) is 8.75. The summed E-state index contributed by atoms with van der Waals surface area (Å²) in [6.45, 7) is 4.00. The number of aromatic nitrogens is 4. The zero-order chi connectivity index (χ0) is 18.3. The number of anilines is 3. The van der Waals surface area contributed by atoms with E-state index in [1.54, 1.807) is 12.4 Å². The smallest absolute Gasteiger partial charge is 0.250 e. The van der Waals surface area contributed by atoms with Crippen LogP contribution in [0.25, 0.3) is 0 Å². The molecular weight excluding hydrogens is 340 g/mol. The molecule has 27 heavy (non-hydrogen) atoms. The molecular formula is C19H26N8. The van der Waals surface area contributed by atoms with Crippen molar-refractivity contribution in [2.45, 2.75) is 38.5 Å². The number of hydrazone groups is 1. The normalized spacial score (nSPS) is 18.1. The molecule has 0 spiro atoms. The van der Waals surface area contributed by atoms with Crippen LogP contribution in [0.1, 0.15) is 44.2 Å². The van der Waals surface area contributed by atoms with Gasteiger partial charge in [0.2, 0.25) is 17.8 Å². The van der Waals surface area contributed by atoms with Crippen molar-refractivity contribution in [3.05, 3.63) is 30.1 Å². The molecule has 4 rings (SSSR count). The van der Waals surface area contributed by atoms with Crippen molar-refractivity contribution in [1.29, 1.82) is 0 Å². The van der Waals surface area contributed by atoms with Gasteiger partial charge < -0.3 is 9.80 Å². The maximum Gasteiger partial charge on any atom is 0.250 e. The summed E-state index contributed by atoms with van der Waals surface area (Å²) >= 11 is 0. The molecule has 0 atom stereocenters. The molecule has 142 valence electrons. The molecule has 0 unspecified atom stereocenters. The molecule has 2 aromatic rings. The number of pyridine rings is 1. The van der Waals surface area contributed by atoms with Gasteiger partial charge >= 0.3 is 0 Å². The Morgan fingerprint density at radius 3 is 2.00 bits per heavy atom. The molecule has 0 bridgehead atoms. The van der Waals surface area contributed by atoms with Crippen molar-refractivity contribution in [2.75, 3.05) is 41.4 Å². The number of nitrogens with zero attached hydrogens (tertiary/aromatic N) is 7. The Bertz CT molecular complexity index is 715. The van der Waals surface area contributed by atoms with Gasteiger partial charge in [-0.1, -0.05) is 6.07 Å². The molecule has 2 saturated heterocycles. The second-order valence-corrected chi connectivity index (χ2v) is 6.98. The van der Waals surface area contributed by atoms with Crippen molar-refractivity contribution in [3.63, 3.8) is 0 Å². The van der Waals surface area contributed by atoms with Gasteiger partial charge in [-0.15, -0.1) is 0 Å². The Morgan fingerprint density at radius 1 is 0.815 bits per heavy atom. The summed E-state index contributed by atoms with van der Waals surface area (Å²) in [5.41, 5.74) is 3.75. The molecule has 0 saturated carbocycles. The Labute approximate surface area is 159 Å². The summed E-state index contributed by atoms with van der Waals surface area (Å²) in [5, 5.41) is 4.26. The lowest BCUT2D eigenvalue weighted by Gasteiger charge is -2.30. The molecule has 2 aliphatic heterocycles. The van der Waals surface area contributed by atoms with Crippen LogP contribution in [0.4, 0.5) is 17.8 Å². The minimum Gasteiger partial charge on any atom is -0.341 e. The van der Waals surface area contributed by atoms with Crippen LogP contribution < -0.4 is 15.2 Å². The van der Waals surface area contributed by atoms with Gasteiger partial charge in [0.05, 0.1) is 11.9 Å². The first-order valence-corrected chi connectivity index (χ1v) is 9.84. The third-order valence-corrected chi connectivity index (χ3v) is 4.94. The molecule has 0 amide bonds. The fourth-order valence-corrected chi connectivity index (χ4v) is 3.48. The predicted octanol–water partition coefficient (Wildman–Crippen LogP) is 2.69. The van der Waals surface area contributed by atoms with Crippen LogP contribution in [-0.2, 0) is 0 Å². The van der Waals surface area contributed by atoms with E-state index in [-0.39, 0.29) is 0 Å². The Morgan fingerprint density at radius 2 is 1.44 bits per heavy atom. The molecule has 2 fully saturated rings. The van der Waals surface area contributed by atoms with Crippen molar-refractivity contribution >= 4 is 24.1 Å². The number of hydrogen-bond acceptors (Lipinski definition) is 8. The molecule has 8 heteroatoms. The third kappa shape index (κ3) is 4.69. The van der Waals surface area contributed by atoms with E-state index in [1.165, 1.54) is 38.5 Å². The van der Waals surface area contributed by atoms with Crippen LogP contribution in [0.3, 0.4) is 0 Å². The average molecular weight is 366 g/mol. The number of nitrogens with one attached hydrogen (secondary N) is 1. The lowest BCUT2D eigenvalue weighted by molar-refractivity contribution is 0.556. The molecule has 4 heterocycles. The van der Waals surface area contributed by atoms with Crippen LogP contribution in [-0.4, -0.2) is 52.3 Å². The first kappa shape index (κ1) is 17.6. The summed E-state index contributed by atoms with van der Waals surface area (Å²) in [7, 11) is 0. The van der Waals surface area contributed by atoms with E-state index in [0.29, 0.717) is 5.95 Å². The zero-order valence-corrected chi connectivity index (χ0v) is 15.6. The van der Waals surface area contributed by atoms with Gasteiger partial charge in [-0.05, 0) is 50.7 Å². The van der Waals surface area contributed by atoms with Crippen LogP contribution >= 0.6 is 0 Å². The molecule has 0 radical (unpaired) electrons. The highest BCUT2D eigenvalue weighted by Gasteiger charge is 2.20. The highest BCUT2D eigenvalue weighted by Crippen LogP contribution is 2.22. The van der Waals surface area contributed by atoms with Crippen LogP contribution in [0.15, 0.2) is 29.5 Å². The summed E-state index contributed by atoms with van der Waals surface area (Å²) in [5.74, 6) is 1.99. The van der Waals surface area contributed by atoms with E-state index in [4.69, 9.17) is 4.98 Å². The standard InChI is InChI=1S/C19H26N8/c1-5-11-26(12-6-1)18-22-17(25-21-15-16-9-3-4-10-20-16)23-19(24-18)27-13-7-2-8-14-27/h3-4,9-10,15H,1-2,5-8,11-14H2,(H,22,23,24,25)/b21-15+. The lowest BCUT2D eigenvalue weighted by atomic mass is 10.1. The van der Waals surface area contributed by atoms with Gasteiger partial charge in [-0.2, -0.15) is 20.1 Å². The molecule has 0 aliphatic carbocycles. The van der Waals surface area contributed by atoms with E-state index in [1.807, 2.05) is 18.2 Å². The van der Waals surface area contributed by atoms with Gasteiger partial charge in [0.15, 0.2) is 0 Å². The number of piperidine rings is 2. The van der Waals surface area contributed by atoms with Gasteiger partial charge in [0, 0.05) is 32.4 Å². The average Bonchev–Trinajstić information content (AvgIpc) is 2.76. The van der Waals surface area contributed by atoms with Crippen LogP contribution in [0.5, 0.6) is 0 Å². The minimum atomic E-state index is 0.485. The summed E-state index contributed by atoms with van der Waals surface area (Å²) < 4.78 is 0. The molecule has 2 aliphatic rings. The minimum absolute atomic E-state index is 0.485. The third-order valence-electron chi connectivity index (χ3n) is 4.94. The molecule has 8 nitrogen and oxygen atoms in total. The fraction of sp³-hybridized carbons (Fsp3) is 0.526. The van der Waals surface area contributed by atoms with E-state index >= 15 is 0 Å². The van der Waals surface area contributed by atoms with Gasteiger partial charge in [-0.25, -0.2) is 5.43 Å². The largest absolute Gasteiger partial charge is 0.341 e. The van der Waals surface area contributed by atoms with E-state index < -0.39 is 0 Å². The van der Waals surface area contributed by atoms with Crippen molar-refractivity contribution < 1.29 is 0 Å². The van der Waals surface area contributed by atoms with Gasteiger partial charge in [0.25, 0.3) is 0 Å². The highest BCUT2D eigenvalue weighted by molar-refractivity contribution is 5.77. The van der Waals surface area contributed by atoms with Gasteiger partial charge in [-0.3, -0.25) is 4.98 Å². The van der Waals surface area contributed by atoms with Crippen LogP contribution in [0, 0.1) is 0 Å². The van der Waals surface area contributed by atoms with Gasteiger partial charge in [0.1, 0.15) is 0 Å². The monoisotopic (exact) mass is 366 g/mol. The molecule has 2 aromatic heterocycles. The zero-order valence-electron chi connectivity index (χ0n) is 15.6. The summed E-state index contributed by atoms with van der Waals surface area (Å²) in [4.78, 5) is 22.7. The lowest BCUT2D eigenvalue weighted by Crippen LogP contribution is -2.34. The van der Waals surface area contributed by atoms with Crippen molar-refractivity contribution in [1.82, 2.24) is 19.9 Å². The van der Waals surface area contributed by atoms with E-state index in [9.17, 15) is 0 Å². The van der Waals surface area contributed by atoms with Crippen LogP contribution in [0.2, 0.25) is 0 Å². The fourth-order valence-electron chi connectivity index (χ4n) is 3.48. The Balaban J connectivity index is 1.55. The van der Waals surface area contributed by atoms with E-state index in [2.05, 4.69) is 35.3 Å². The van der Waals surface area contributed by atoms with Crippen molar-refractivity contribution in [2.24, 2.45) is 5.10 Å². The van der Waals surface area contributed by atoms with Crippen molar-refractivity contribution in [3.8, 4) is 0 Å². The second-order valence-electron chi connectivity index (χ2n) is 6.98. The highest BCUT2D eigenvalue weighted by atomic mass is 15.4. The number of rotatable bonds is 5. The molecule has 1 N–H and O–H groups in total. The number of hydrogen-bond donors (Lipinski definition) is 1. The molecule has 0 aromatic carbocycles. The maximum atomic E-state index is 4.77. The quantitative estimate of drug-likeness (QED) is 0.643. The Kier molecular flexibility index (Phi) is 5.71.